The highest BCUT2D eigenvalue weighted by Crippen LogP contribution is 2.35. The first-order valence-corrected chi connectivity index (χ1v) is 8.94. The zero-order valence-electron chi connectivity index (χ0n) is 11.0. The van der Waals surface area contributed by atoms with Crippen molar-refractivity contribution in [3.8, 4) is 0 Å². The summed E-state index contributed by atoms with van der Waals surface area (Å²) in [6.45, 7) is 0. The summed E-state index contributed by atoms with van der Waals surface area (Å²) >= 11 is 13.5. The fourth-order valence-corrected chi connectivity index (χ4v) is 4.26. The van der Waals surface area contributed by atoms with Crippen molar-refractivity contribution < 1.29 is 0 Å². The number of hydrogen-bond acceptors (Lipinski definition) is 0. The standard InChI is InChI=1S/C17H15Br2Cl/c18-15-8-14(9-16(20)10-15)17(19)13-6-5-11-3-1-2-4-12(11)7-13/h5-10,17H,1-4H2. The first-order valence-electron chi connectivity index (χ1n) is 6.85. The quantitative estimate of drug-likeness (QED) is 0.494. The summed E-state index contributed by atoms with van der Waals surface area (Å²) in [7, 11) is 0. The molecule has 0 spiro atoms. The molecule has 0 radical (unpaired) electrons. The molecule has 104 valence electrons. The maximum Gasteiger partial charge on any atom is 0.0645 e. The molecule has 0 saturated heterocycles. The lowest BCUT2D eigenvalue weighted by molar-refractivity contribution is 0.684. The van der Waals surface area contributed by atoms with Crippen LogP contribution in [0.15, 0.2) is 40.9 Å². The van der Waals surface area contributed by atoms with E-state index in [9.17, 15) is 0 Å². The monoisotopic (exact) mass is 412 g/mol. The molecule has 2 aromatic carbocycles. The maximum absolute atomic E-state index is 6.15. The zero-order valence-corrected chi connectivity index (χ0v) is 14.9. The molecule has 0 N–H and O–H groups in total. The Kier molecular flexibility index (Phi) is 4.54. The first-order chi connectivity index (χ1) is 9.63. The van der Waals surface area contributed by atoms with Crippen LogP contribution in [-0.2, 0) is 12.8 Å². The summed E-state index contributed by atoms with van der Waals surface area (Å²) in [6.07, 6.45) is 5.07. The van der Waals surface area contributed by atoms with Crippen molar-refractivity contribution in [3.05, 3.63) is 68.1 Å². The van der Waals surface area contributed by atoms with Crippen molar-refractivity contribution in [2.75, 3.05) is 0 Å². The van der Waals surface area contributed by atoms with E-state index in [-0.39, 0.29) is 4.83 Å². The van der Waals surface area contributed by atoms with Gasteiger partial charge in [0.25, 0.3) is 0 Å². The van der Waals surface area contributed by atoms with E-state index in [1.165, 1.54) is 47.9 Å². The molecule has 0 fully saturated rings. The molecule has 3 heteroatoms. The van der Waals surface area contributed by atoms with Crippen LogP contribution in [0.25, 0.3) is 0 Å². The minimum Gasteiger partial charge on any atom is -0.0843 e. The molecule has 1 atom stereocenters. The average Bonchev–Trinajstić information content (AvgIpc) is 2.45. The minimum atomic E-state index is 0.185. The lowest BCUT2D eigenvalue weighted by atomic mass is 9.89. The molecule has 1 aliphatic carbocycles. The van der Waals surface area contributed by atoms with E-state index in [1.807, 2.05) is 12.1 Å². The predicted octanol–water partition coefficient (Wildman–Crippen LogP) is 6.47. The van der Waals surface area contributed by atoms with Crippen LogP contribution in [0.4, 0.5) is 0 Å². The van der Waals surface area contributed by atoms with Crippen molar-refractivity contribution in [2.45, 2.75) is 30.5 Å². The number of hydrogen-bond donors (Lipinski definition) is 0. The topological polar surface area (TPSA) is 0 Å². The highest BCUT2D eigenvalue weighted by atomic mass is 79.9. The summed E-state index contributed by atoms with van der Waals surface area (Å²) in [5.41, 5.74) is 5.52. The second-order valence-corrected chi connectivity index (χ2v) is 7.57. The van der Waals surface area contributed by atoms with Crippen LogP contribution in [0.2, 0.25) is 5.02 Å². The largest absolute Gasteiger partial charge is 0.0843 e. The van der Waals surface area contributed by atoms with Crippen LogP contribution in [0.1, 0.15) is 39.9 Å². The Bertz CT molecular complexity index is 617. The van der Waals surface area contributed by atoms with Gasteiger partial charge in [0.1, 0.15) is 0 Å². The van der Waals surface area contributed by atoms with Gasteiger partial charge in [-0.1, -0.05) is 61.7 Å². The number of halogens is 3. The van der Waals surface area contributed by atoms with E-state index in [4.69, 9.17) is 11.6 Å². The molecule has 0 heterocycles. The number of benzene rings is 2. The summed E-state index contributed by atoms with van der Waals surface area (Å²) in [5, 5.41) is 0.761. The average molecular weight is 415 g/mol. The molecular weight excluding hydrogens is 399 g/mol. The zero-order chi connectivity index (χ0) is 14.1. The fourth-order valence-electron chi connectivity index (χ4n) is 2.82. The van der Waals surface area contributed by atoms with Crippen molar-refractivity contribution >= 4 is 43.5 Å². The molecule has 0 amide bonds. The van der Waals surface area contributed by atoms with Crippen molar-refractivity contribution in [1.82, 2.24) is 0 Å². The van der Waals surface area contributed by atoms with Gasteiger partial charge in [0, 0.05) is 9.50 Å². The Labute approximate surface area is 141 Å². The van der Waals surface area contributed by atoms with Gasteiger partial charge in [0.2, 0.25) is 0 Å². The third-order valence-corrected chi connectivity index (χ3v) is 5.58. The normalized spacial score (nSPS) is 15.8. The molecule has 0 nitrogen and oxygen atoms in total. The highest BCUT2D eigenvalue weighted by molar-refractivity contribution is 9.10. The van der Waals surface area contributed by atoms with Crippen molar-refractivity contribution in [1.29, 1.82) is 0 Å². The Morgan fingerprint density at radius 3 is 2.40 bits per heavy atom. The molecule has 1 aliphatic rings. The second-order valence-electron chi connectivity index (χ2n) is 5.30. The summed E-state index contributed by atoms with van der Waals surface area (Å²) in [4.78, 5) is 0.185. The minimum absolute atomic E-state index is 0.185. The van der Waals surface area contributed by atoms with Crippen LogP contribution in [0, 0.1) is 0 Å². The van der Waals surface area contributed by atoms with Crippen LogP contribution in [0.3, 0.4) is 0 Å². The van der Waals surface area contributed by atoms with E-state index in [1.54, 1.807) is 0 Å². The Hall–Kier alpha value is -0.310. The van der Waals surface area contributed by atoms with Crippen LogP contribution < -0.4 is 0 Å². The van der Waals surface area contributed by atoms with E-state index in [0.29, 0.717) is 0 Å². The van der Waals surface area contributed by atoms with Crippen molar-refractivity contribution in [2.24, 2.45) is 0 Å². The molecule has 0 saturated carbocycles. The second kappa shape index (κ2) is 6.21. The smallest absolute Gasteiger partial charge is 0.0645 e. The number of alkyl halides is 1. The highest BCUT2D eigenvalue weighted by Gasteiger charge is 2.15. The molecule has 2 aromatic rings. The maximum atomic E-state index is 6.15. The van der Waals surface area contributed by atoms with Gasteiger partial charge < -0.3 is 0 Å². The SMILES string of the molecule is Clc1cc(Br)cc(C(Br)c2ccc3c(c2)CCCC3)c1. The fraction of sp³-hybridized carbons (Fsp3) is 0.294. The van der Waals surface area contributed by atoms with Crippen LogP contribution >= 0.6 is 43.5 Å². The van der Waals surface area contributed by atoms with Gasteiger partial charge in [0.15, 0.2) is 0 Å². The molecule has 1 unspecified atom stereocenters. The molecular formula is C17H15Br2Cl. The molecule has 0 bridgehead atoms. The Balaban J connectivity index is 1.95. The lowest BCUT2D eigenvalue weighted by Crippen LogP contribution is -2.04. The summed E-state index contributed by atoms with van der Waals surface area (Å²) in [6, 6.07) is 12.9. The van der Waals surface area contributed by atoms with E-state index >= 15 is 0 Å². The van der Waals surface area contributed by atoms with E-state index < -0.39 is 0 Å². The van der Waals surface area contributed by atoms with Gasteiger partial charge >= 0.3 is 0 Å². The van der Waals surface area contributed by atoms with E-state index in [2.05, 4.69) is 56.1 Å². The van der Waals surface area contributed by atoms with Gasteiger partial charge in [-0.3, -0.25) is 0 Å². The molecule has 3 rings (SSSR count). The molecule has 20 heavy (non-hydrogen) atoms. The lowest BCUT2D eigenvalue weighted by Gasteiger charge is -2.19. The van der Waals surface area contributed by atoms with Crippen molar-refractivity contribution in [3.63, 3.8) is 0 Å². The van der Waals surface area contributed by atoms with Gasteiger partial charge in [0.05, 0.1) is 4.83 Å². The summed E-state index contributed by atoms with van der Waals surface area (Å²) in [5.74, 6) is 0. The Morgan fingerprint density at radius 2 is 1.65 bits per heavy atom. The van der Waals surface area contributed by atoms with Gasteiger partial charge in [-0.05, 0) is 66.1 Å². The molecule has 0 aliphatic heterocycles. The third-order valence-electron chi connectivity index (χ3n) is 3.84. The molecule has 0 aromatic heterocycles. The van der Waals surface area contributed by atoms with E-state index in [0.717, 1.165) is 9.50 Å². The number of rotatable bonds is 2. The number of aryl methyl sites for hydroxylation is 2. The van der Waals surface area contributed by atoms with Gasteiger partial charge in [-0.2, -0.15) is 0 Å². The van der Waals surface area contributed by atoms with Gasteiger partial charge in [-0.15, -0.1) is 0 Å². The summed E-state index contributed by atoms with van der Waals surface area (Å²) < 4.78 is 1.02. The van der Waals surface area contributed by atoms with Crippen LogP contribution in [0.5, 0.6) is 0 Å². The predicted molar refractivity (Wildman–Crippen MR) is 93.0 cm³/mol. The third kappa shape index (κ3) is 3.13. The van der Waals surface area contributed by atoms with Crippen LogP contribution in [-0.4, -0.2) is 0 Å². The first kappa shape index (κ1) is 14.6. The number of fused-ring (bicyclic) bond motifs is 1. The Morgan fingerprint density at radius 1 is 0.900 bits per heavy atom. The van der Waals surface area contributed by atoms with Gasteiger partial charge in [-0.25, -0.2) is 0 Å².